The molecule has 1 unspecified atom stereocenters. The molecule has 1 N–H and O–H groups in total. The first-order valence-electron chi connectivity index (χ1n) is 5.82. The van der Waals surface area contributed by atoms with Crippen LogP contribution in [0.1, 0.15) is 6.42 Å². The molecule has 1 aliphatic heterocycles. The maximum absolute atomic E-state index is 11.6. The molecule has 0 aromatic heterocycles. The standard InChI is InChI=1S/C11H23N3O2/c1-12-7-10-8-14(11(15)9-16-10)6-4-5-13(2)3/h10,12H,4-9H2,1-3H3. The van der Waals surface area contributed by atoms with Crippen molar-refractivity contribution in [3.05, 3.63) is 0 Å². The molecule has 5 nitrogen and oxygen atoms in total. The van der Waals surface area contributed by atoms with E-state index in [1.807, 2.05) is 26.0 Å². The first kappa shape index (κ1) is 13.4. The van der Waals surface area contributed by atoms with Crippen molar-refractivity contribution in [1.29, 1.82) is 0 Å². The zero-order chi connectivity index (χ0) is 12.0. The van der Waals surface area contributed by atoms with Crippen molar-refractivity contribution < 1.29 is 9.53 Å². The van der Waals surface area contributed by atoms with Crippen LogP contribution >= 0.6 is 0 Å². The molecule has 0 aliphatic carbocycles. The molecule has 1 fully saturated rings. The fraction of sp³-hybridized carbons (Fsp3) is 0.909. The first-order chi connectivity index (χ1) is 7.63. The minimum atomic E-state index is 0.117. The number of likely N-dealkylation sites (N-methyl/N-ethyl adjacent to an activating group) is 1. The summed E-state index contributed by atoms with van der Waals surface area (Å²) in [7, 11) is 5.99. The molecular weight excluding hydrogens is 206 g/mol. The fourth-order valence-electron chi connectivity index (χ4n) is 1.83. The van der Waals surface area contributed by atoms with Crippen molar-refractivity contribution in [1.82, 2.24) is 15.1 Å². The molecule has 0 spiro atoms. The molecule has 16 heavy (non-hydrogen) atoms. The molecule has 1 heterocycles. The molecule has 5 heteroatoms. The molecule has 0 saturated carbocycles. The number of nitrogens with one attached hydrogen (secondary N) is 1. The van der Waals surface area contributed by atoms with Gasteiger partial charge in [0.05, 0.1) is 6.10 Å². The second kappa shape index (κ2) is 6.83. The summed E-state index contributed by atoms with van der Waals surface area (Å²) in [5.41, 5.74) is 0. The van der Waals surface area contributed by atoms with Gasteiger partial charge in [-0.3, -0.25) is 4.79 Å². The molecule has 0 aromatic rings. The average molecular weight is 229 g/mol. The maximum Gasteiger partial charge on any atom is 0.248 e. The molecule has 1 saturated heterocycles. The number of hydrogen-bond acceptors (Lipinski definition) is 4. The van der Waals surface area contributed by atoms with E-state index in [1.165, 1.54) is 0 Å². The monoisotopic (exact) mass is 229 g/mol. The maximum atomic E-state index is 11.6. The number of nitrogens with zero attached hydrogens (tertiary/aromatic N) is 2. The number of carbonyl (C=O) groups is 1. The predicted molar refractivity (Wildman–Crippen MR) is 63.4 cm³/mol. The minimum Gasteiger partial charge on any atom is -0.365 e. The van der Waals surface area contributed by atoms with Crippen LogP contribution in [0.4, 0.5) is 0 Å². The zero-order valence-corrected chi connectivity index (χ0v) is 10.5. The van der Waals surface area contributed by atoms with Gasteiger partial charge in [0.2, 0.25) is 5.91 Å². The first-order valence-corrected chi connectivity index (χ1v) is 5.82. The Morgan fingerprint density at radius 2 is 2.31 bits per heavy atom. The van der Waals surface area contributed by atoms with Crippen LogP contribution in [0.15, 0.2) is 0 Å². The van der Waals surface area contributed by atoms with E-state index in [9.17, 15) is 4.79 Å². The van der Waals surface area contributed by atoms with Gasteiger partial charge >= 0.3 is 0 Å². The van der Waals surface area contributed by atoms with Crippen molar-refractivity contribution in [2.75, 3.05) is 53.9 Å². The van der Waals surface area contributed by atoms with Gasteiger partial charge in [-0.25, -0.2) is 0 Å². The van der Waals surface area contributed by atoms with Gasteiger partial charge in [0.15, 0.2) is 0 Å². The van der Waals surface area contributed by atoms with Gasteiger partial charge in [-0.15, -0.1) is 0 Å². The van der Waals surface area contributed by atoms with Gasteiger partial charge in [-0.05, 0) is 34.1 Å². The van der Waals surface area contributed by atoms with Gasteiger partial charge in [0.1, 0.15) is 6.61 Å². The lowest BCUT2D eigenvalue weighted by Gasteiger charge is -2.33. The molecule has 1 atom stereocenters. The van der Waals surface area contributed by atoms with Crippen LogP contribution in [0, 0.1) is 0 Å². The summed E-state index contributed by atoms with van der Waals surface area (Å²) in [5, 5.41) is 3.08. The molecule has 1 rings (SSSR count). The van der Waals surface area contributed by atoms with Crippen molar-refractivity contribution in [3.63, 3.8) is 0 Å². The largest absolute Gasteiger partial charge is 0.365 e. The van der Waals surface area contributed by atoms with E-state index in [-0.39, 0.29) is 18.6 Å². The Morgan fingerprint density at radius 3 is 2.94 bits per heavy atom. The Labute approximate surface area is 97.7 Å². The fourth-order valence-corrected chi connectivity index (χ4v) is 1.83. The number of hydrogen-bond donors (Lipinski definition) is 1. The van der Waals surface area contributed by atoms with E-state index >= 15 is 0 Å². The highest BCUT2D eigenvalue weighted by Crippen LogP contribution is 2.06. The number of carbonyl (C=O) groups excluding carboxylic acids is 1. The van der Waals surface area contributed by atoms with Crippen LogP contribution < -0.4 is 5.32 Å². The van der Waals surface area contributed by atoms with E-state index < -0.39 is 0 Å². The summed E-state index contributed by atoms with van der Waals surface area (Å²) in [6, 6.07) is 0. The molecule has 0 radical (unpaired) electrons. The zero-order valence-electron chi connectivity index (χ0n) is 10.5. The lowest BCUT2D eigenvalue weighted by molar-refractivity contribution is -0.148. The minimum absolute atomic E-state index is 0.117. The average Bonchev–Trinajstić information content (AvgIpc) is 2.22. The normalized spacial score (nSPS) is 21.9. The lowest BCUT2D eigenvalue weighted by atomic mass is 10.2. The van der Waals surface area contributed by atoms with Crippen LogP contribution in [0.5, 0.6) is 0 Å². The number of ether oxygens (including phenoxy) is 1. The van der Waals surface area contributed by atoms with Gasteiger partial charge in [-0.1, -0.05) is 0 Å². The smallest absolute Gasteiger partial charge is 0.248 e. The third-order valence-electron chi connectivity index (χ3n) is 2.68. The second-order valence-electron chi connectivity index (χ2n) is 4.49. The van der Waals surface area contributed by atoms with E-state index in [2.05, 4.69) is 10.2 Å². The highest BCUT2D eigenvalue weighted by Gasteiger charge is 2.25. The Kier molecular flexibility index (Phi) is 5.73. The Balaban J connectivity index is 2.29. The molecule has 1 amide bonds. The third-order valence-corrected chi connectivity index (χ3v) is 2.68. The molecule has 0 bridgehead atoms. The summed E-state index contributed by atoms with van der Waals surface area (Å²) < 4.78 is 5.42. The number of morpholine rings is 1. The van der Waals surface area contributed by atoms with Crippen LogP contribution in [0.3, 0.4) is 0 Å². The topological polar surface area (TPSA) is 44.8 Å². The van der Waals surface area contributed by atoms with Crippen LogP contribution in [0.25, 0.3) is 0 Å². The van der Waals surface area contributed by atoms with Gasteiger partial charge in [0.25, 0.3) is 0 Å². The van der Waals surface area contributed by atoms with Gasteiger partial charge in [0, 0.05) is 19.6 Å². The Hall–Kier alpha value is -0.650. The summed E-state index contributed by atoms with van der Waals surface area (Å²) in [6.45, 7) is 3.60. The van der Waals surface area contributed by atoms with Crippen molar-refractivity contribution in [2.24, 2.45) is 0 Å². The summed E-state index contributed by atoms with van der Waals surface area (Å²) >= 11 is 0. The SMILES string of the molecule is CNCC1CN(CCCN(C)C)C(=O)CO1. The second-order valence-corrected chi connectivity index (χ2v) is 4.49. The van der Waals surface area contributed by atoms with Gasteiger partial charge < -0.3 is 19.9 Å². The molecule has 94 valence electrons. The number of amides is 1. The van der Waals surface area contributed by atoms with Crippen molar-refractivity contribution in [2.45, 2.75) is 12.5 Å². The molecule has 1 aliphatic rings. The Morgan fingerprint density at radius 1 is 1.56 bits per heavy atom. The molecular formula is C11H23N3O2. The third kappa shape index (κ3) is 4.47. The predicted octanol–water partition coefficient (Wildman–Crippen LogP) is -0.615. The van der Waals surface area contributed by atoms with Crippen LogP contribution in [-0.2, 0) is 9.53 Å². The number of rotatable bonds is 6. The van der Waals surface area contributed by atoms with E-state index in [4.69, 9.17) is 4.74 Å². The highest BCUT2D eigenvalue weighted by molar-refractivity contribution is 5.78. The summed E-state index contributed by atoms with van der Waals surface area (Å²) in [6.07, 6.45) is 1.16. The summed E-state index contributed by atoms with van der Waals surface area (Å²) in [4.78, 5) is 15.6. The van der Waals surface area contributed by atoms with Crippen molar-refractivity contribution in [3.8, 4) is 0 Å². The highest BCUT2D eigenvalue weighted by atomic mass is 16.5. The van der Waals surface area contributed by atoms with Crippen molar-refractivity contribution >= 4 is 5.91 Å². The van der Waals surface area contributed by atoms with E-state index in [0.29, 0.717) is 6.54 Å². The quantitative estimate of drug-likeness (QED) is 0.660. The lowest BCUT2D eigenvalue weighted by Crippen LogP contribution is -2.50. The molecule has 0 aromatic carbocycles. The van der Waals surface area contributed by atoms with Crippen LogP contribution in [-0.4, -0.2) is 75.7 Å². The van der Waals surface area contributed by atoms with Gasteiger partial charge in [-0.2, -0.15) is 0 Å². The van der Waals surface area contributed by atoms with E-state index in [1.54, 1.807) is 0 Å². The Bertz CT molecular complexity index is 221. The summed E-state index contributed by atoms with van der Waals surface area (Å²) in [5.74, 6) is 0.117. The van der Waals surface area contributed by atoms with E-state index in [0.717, 1.165) is 26.1 Å². The van der Waals surface area contributed by atoms with Crippen LogP contribution in [0.2, 0.25) is 0 Å².